The van der Waals surface area contributed by atoms with Gasteiger partial charge in [-0.2, -0.15) is 0 Å². The molecule has 27 heavy (non-hydrogen) atoms. The first-order valence-corrected chi connectivity index (χ1v) is 10.6. The van der Waals surface area contributed by atoms with Crippen LogP contribution < -0.4 is 5.32 Å². The molecule has 0 atom stereocenters. The Morgan fingerprint density at radius 2 is 1.74 bits per heavy atom. The lowest BCUT2D eigenvalue weighted by molar-refractivity contribution is -0.134. The van der Waals surface area contributed by atoms with Gasteiger partial charge in [0, 0.05) is 32.7 Å². The molecule has 0 radical (unpaired) electrons. The maximum atomic E-state index is 12.7. The van der Waals surface area contributed by atoms with Crippen LogP contribution in [-0.4, -0.2) is 80.0 Å². The summed E-state index contributed by atoms with van der Waals surface area (Å²) in [5, 5.41) is 3.24. The zero-order valence-electron chi connectivity index (χ0n) is 17.1. The zero-order valence-corrected chi connectivity index (χ0v) is 17.1. The van der Waals surface area contributed by atoms with Crippen LogP contribution in [0.1, 0.15) is 30.4 Å². The van der Waals surface area contributed by atoms with Gasteiger partial charge in [0.15, 0.2) is 0 Å². The molecule has 1 aromatic rings. The highest BCUT2D eigenvalue weighted by atomic mass is 16.2. The van der Waals surface area contributed by atoms with Crippen molar-refractivity contribution < 1.29 is 4.79 Å². The summed E-state index contributed by atoms with van der Waals surface area (Å²) in [6.45, 7) is 10.7. The second kappa shape index (κ2) is 10.2. The summed E-state index contributed by atoms with van der Waals surface area (Å²) in [5.41, 5.74) is 2.76. The Morgan fingerprint density at radius 3 is 2.41 bits per heavy atom. The van der Waals surface area contributed by atoms with Crippen molar-refractivity contribution in [2.75, 3.05) is 59.4 Å². The number of aryl methyl sites for hydroxylation is 1. The maximum absolute atomic E-state index is 12.7. The topological polar surface area (TPSA) is 38.8 Å². The zero-order chi connectivity index (χ0) is 19.1. The van der Waals surface area contributed by atoms with E-state index in [-0.39, 0.29) is 0 Å². The molecule has 1 aromatic carbocycles. The van der Waals surface area contributed by atoms with E-state index in [4.69, 9.17) is 0 Å². The highest BCUT2D eigenvalue weighted by Crippen LogP contribution is 2.20. The molecule has 5 nitrogen and oxygen atoms in total. The first kappa shape index (κ1) is 20.3. The lowest BCUT2D eigenvalue weighted by Crippen LogP contribution is -2.51. The standard InChI is InChI=1S/C22H36N4O/c1-19-5-3-4-6-21(19)17-25-13-15-26(16-14-25)22(27)18-24-11-8-20(9-12-24)7-10-23-2/h3-6,20,23H,7-18H2,1-2H3. The lowest BCUT2D eigenvalue weighted by Gasteiger charge is -2.37. The predicted octanol–water partition coefficient (Wildman–Crippen LogP) is 1.96. The molecule has 0 saturated carbocycles. The van der Waals surface area contributed by atoms with Crippen LogP contribution >= 0.6 is 0 Å². The molecule has 1 amide bonds. The summed E-state index contributed by atoms with van der Waals surface area (Å²) in [7, 11) is 2.02. The average Bonchev–Trinajstić information content (AvgIpc) is 2.70. The summed E-state index contributed by atoms with van der Waals surface area (Å²) >= 11 is 0. The van der Waals surface area contributed by atoms with Crippen LogP contribution in [-0.2, 0) is 11.3 Å². The SMILES string of the molecule is CNCCC1CCN(CC(=O)N2CCN(Cc3ccccc3C)CC2)CC1. The fourth-order valence-electron chi connectivity index (χ4n) is 4.26. The minimum Gasteiger partial charge on any atom is -0.339 e. The monoisotopic (exact) mass is 372 g/mol. The number of carbonyl (C=O) groups excluding carboxylic acids is 1. The van der Waals surface area contributed by atoms with Gasteiger partial charge in [-0.15, -0.1) is 0 Å². The van der Waals surface area contributed by atoms with E-state index in [1.165, 1.54) is 30.4 Å². The second-order valence-electron chi connectivity index (χ2n) is 8.20. The molecule has 2 saturated heterocycles. The molecule has 0 unspecified atom stereocenters. The number of nitrogens with one attached hydrogen (secondary N) is 1. The first-order chi connectivity index (χ1) is 13.2. The van der Waals surface area contributed by atoms with E-state index in [0.29, 0.717) is 12.5 Å². The quantitative estimate of drug-likeness (QED) is 0.794. The molecule has 2 heterocycles. The van der Waals surface area contributed by atoms with Gasteiger partial charge in [-0.1, -0.05) is 24.3 Å². The molecule has 1 N–H and O–H groups in total. The molecule has 2 aliphatic heterocycles. The van der Waals surface area contributed by atoms with E-state index in [0.717, 1.165) is 58.3 Å². The van der Waals surface area contributed by atoms with Crippen molar-refractivity contribution in [1.29, 1.82) is 0 Å². The van der Waals surface area contributed by atoms with Crippen molar-refractivity contribution in [2.24, 2.45) is 5.92 Å². The highest BCUT2D eigenvalue weighted by Gasteiger charge is 2.25. The molecule has 0 aromatic heterocycles. The van der Waals surface area contributed by atoms with Gasteiger partial charge in [-0.25, -0.2) is 0 Å². The van der Waals surface area contributed by atoms with Gasteiger partial charge in [-0.05, 0) is 69.9 Å². The number of hydrogen-bond acceptors (Lipinski definition) is 4. The van der Waals surface area contributed by atoms with Crippen LogP contribution in [0, 0.1) is 12.8 Å². The number of amides is 1. The normalized spacial score (nSPS) is 20.1. The Hall–Kier alpha value is -1.43. The molecule has 3 rings (SSSR count). The summed E-state index contributed by atoms with van der Waals surface area (Å²) in [6.07, 6.45) is 3.74. The van der Waals surface area contributed by atoms with Gasteiger partial charge in [-0.3, -0.25) is 14.6 Å². The molecule has 150 valence electrons. The Balaban J connectivity index is 1.37. The Morgan fingerprint density at radius 1 is 1.04 bits per heavy atom. The summed E-state index contributed by atoms with van der Waals surface area (Å²) in [5.74, 6) is 1.15. The summed E-state index contributed by atoms with van der Waals surface area (Å²) in [4.78, 5) is 19.6. The number of hydrogen-bond donors (Lipinski definition) is 1. The molecular weight excluding hydrogens is 336 g/mol. The third kappa shape index (κ3) is 6.03. The number of nitrogens with zero attached hydrogens (tertiary/aromatic N) is 3. The fourth-order valence-corrected chi connectivity index (χ4v) is 4.26. The van der Waals surface area contributed by atoms with Gasteiger partial charge in [0.25, 0.3) is 0 Å². The van der Waals surface area contributed by atoms with E-state index in [2.05, 4.69) is 51.2 Å². The Labute approximate surface area is 164 Å². The largest absolute Gasteiger partial charge is 0.339 e. The van der Waals surface area contributed by atoms with Gasteiger partial charge in [0.2, 0.25) is 5.91 Å². The van der Waals surface area contributed by atoms with Crippen molar-refractivity contribution in [2.45, 2.75) is 32.7 Å². The van der Waals surface area contributed by atoms with Gasteiger partial charge >= 0.3 is 0 Å². The molecule has 0 spiro atoms. The van der Waals surface area contributed by atoms with E-state index in [9.17, 15) is 4.79 Å². The molecule has 5 heteroatoms. The number of benzene rings is 1. The summed E-state index contributed by atoms with van der Waals surface area (Å²) < 4.78 is 0. The highest BCUT2D eigenvalue weighted by molar-refractivity contribution is 5.78. The third-order valence-electron chi connectivity index (χ3n) is 6.25. The summed E-state index contributed by atoms with van der Waals surface area (Å²) in [6, 6.07) is 8.60. The van der Waals surface area contributed by atoms with Crippen molar-refractivity contribution in [3.8, 4) is 0 Å². The van der Waals surface area contributed by atoms with Crippen molar-refractivity contribution in [1.82, 2.24) is 20.0 Å². The van der Waals surface area contributed by atoms with Crippen molar-refractivity contribution in [3.63, 3.8) is 0 Å². The first-order valence-electron chi connectivity index (χ1n) is 10.6. The smallest absolute Gasteiger partial charge is 0.236 e. The number of piperidine rings is 1. The van der Waals surface area contributed by atoms with Crippen LogP contribution in [0.5, 0.6) is 0 Å². The maximum Gasteiger partial charge on any atom is 0.236 e. The number of likely N-dealkylation sites (tertiary alicyclic amines) is 1. The molecule has 0 aliphatic carbocycles. The average molecular weight is 373 g/mol. The van der Waals surface area contributed by atoms with E-state index >= 15 is 0 Å². The second-order valence-corrected chi connectivity index (χ2v) is 8.20. The molecule has 2 aliphatic rings. The molecule has 2 fully saturated rings. The van der Waals surface area contributed by atoms with Gasteiger partial charge in [0.1, 0.15) is 0 Å². The minimum absolute atomic E-state index is 0.319. The minimum atomic E-state index is 0.319. The number of carbonyl (C=O) groups is 1. The Bertz CT molecular complexity index is 590. The van der Waals surface area contributed by atoms with Crippen LogP contribution in [0.15, 0.2) is 24.3 Å². The van der Waals surface area contributed by atoms with Crippen LogP contribution in [0.3, 0.4) is 0 Å². The van der Waals surface area contributed by atoms with Gasteiger partial charge in [0.05, 0.1) is 6.54 Å². The van der Waals surface area contributed by atoms with Crippen LogP contribution in [0.25, 0.3) is 0 Å². The molecular formula is C22H36N4O. The number of piperazine rings is 1. The predicted molar refractivity (Wildman–Crippen MR) is 111 cm³/mol. The van der Waals surface area contributed by atoms with Crippen LogP contribution in [0.4, 0.5) is 0 Å². The van der Waals surface area contributed by atoms with E-state index < -0.39 is 0 Å². The van der Waals surface area contributed by atoms with Crippen LogP contribution in [0.2, 0.25) is 0 Å². The van der Waals surface area contributed by atoms with E-state index in [1.54, 1.807) is 0 Å². The van der Waals surface area contributed by atoms with Gasteiger partial charge < -0.3 is 10.2 Å². The van der Waals surface area contributed by atoms with Crippen molar-refractivity contribution in [3.05, 3.63) is 35.4 Å². The molecule has 0 bridgehead atoms. The van der Waals surface area contributed by atoms with Crippen molar-refractivity contribution >= 4 is 5.91 Å². The number of rotatable bonds is 7. The lowest BCUT2D eigenvalue weighted by atomic mass is 9.93. The Kier molecular flexibility index (Phi) is 7.68. The third-order valence-corrected chi connectivity index (χ3v) is 6.25. The fraction of sp³-hybridized carbons (Fsp3) is 0.682. The van der Waals surface area contributed by atoms with E-state index in [1.807, 2.05) is 7.05 Å².